The van der Waals surface area contributed by atoms with Crippen molar-refractivity contribution in [2.75, 3.05) is 19.0 Å². The first-order valence-electron chi connectivity index (χ1n) is 6.91. The molecule has 0 fully saturated rings. The van der Waals surface area contributed by atoms with Crippen LogP contribution < -0.4 is 10.1 Å². The molecular weight excluding hydrogens is 298 g/mol. The van der Waals surface area contributed by atoms with Crippen molar-refractivity contribution in [2.45, 2.75) is 6.92 Å². The number of rotatable bonds is 5. The van der Waals surface area contributed by atoms with Gasteiger partial charge in [-0.3, -0.25) is 4.79 Å². The number of esters is 1. The summed E-state index contributed by atoms with van der Waals surface area (Å²) >= 11 is 0. The van der Waals surface area contributed by atoms with Crippen LogP contribution in [0.4, 0.5) is 5.69 Å². The zero-order chi connectivity index (χ0) is 16.8. The van der Waals surface area contributed by atoms with E-state index in [1.54, 1.807) is 43.3 Å². The monoisotopic (exact) mass is 315 g/mol. The minimum atomic E-state index is -0.763. The normalized spacial score (nSPS) is 10.0. The van der Waals surface area contributed by atoms with Crippen molar-refractivity contribution < 1.29 is 24.2 Å². The zero-order valence-electron chi connectivity index (χ0n) is 12.8. The van der Waals surface area contributed by atoms with Gasteiger partial charge in [0.05, 0.1) is 12.8 Å². The molecule has 2 aromatic rings. The maximum atomic E-state index is 11.9. The number of ether oxygens (including phenoxy) is 2. The average Bonchev–Trinajstić information content (AvgIpc) is 2.55. The Balaban J connectivity index is 1.96. The largest absolute Gasteiger partial charge is 0.507 e. The van der Waals surface area contributed by atoms with Crippen LogP contribution in [0.3, 0.4) is 0 Å². The number of phenols is 1. The first kappa shape index (κ1) is 16.4. The highest BCUT2D eigenvalue weighted by molar-refractivity contribution is 5.97. The van der Waals surface area contributed by atoms with Gasteiger partial charge in [-0.1, -0.05) is 24.3 Å². The Morgan fingerprint density at radius 1 is 1.13 bits per heavy atom. The van der Waals surface area contributed by atoms with Gasteiger partial charge >= 0.3 is 5.97 Å². The van der Waals surface area contributed by atoms with Gasteiger partial charge in [-0.2, -0.15) is 0 Å². The number of methoxy groups -OCH3 is 1. The molecule has 6 heteroatoms. The molecule has 0 radical (unpaired) electrons. The first-order chi connectivity index (χ1) is 11.0. The van der Waals surface area contributed by atoms with Gasteiger partial charge in [0.2, 0.25) is 0 Å². The van der Waals surface area contributed by atoms with E-state index in [0.29, 0.717) is 17.0 Å². The highest BCUT2D eigenvalue weighted by atomic mass is 16.5. The van der Waals surface area contributed by atoms with Crippen molar-refractivity contribution >= 4 is 17.6 Å². The number of nitrogens with one attached hydrogen (secondary N) is 1. The molecule has 23 heavy (non-hydrogen) atoms. The van der Waals surface area contributed by atoms with Crippen molar-refractivity contribution in [3.8, 4) is 11.5 Å². The predicted octanol–water partition coefficient (Wildman–Crippen LogP) is 2.50. The third-order valence-corrected chi connectivity index (χ3v) is 3.17. The van der Waals surface area contributed by atoms with Gasteiger partial charge in [0.15, 0.2) is 6.61 Å². The van der Waals surface area contributed by atoms with E-state index in [2.05, 4.69) is 5.32 Å². The van der Waals surface area contributed by atoms with Crippen molar-refractivity contribution in [1.29, 1.82) is 0 Å². The lowest BCUT2D eigenvalue weighted by Gasteiger charge is -2.10. The summed E-state index contributed by atoms with van der Waals surface area (Å²) in [5.74, 6) is -0.914. The van der Waals surface area contributed by atoms with Gasteiger partial charge in [-0.25, -0.2) is 4.79 Å². The summed E-state index contributed by atoms with van der Waals surface area (Å²) in [5, 5.41) is 12.4. The second kappa shape index (κ2) is 7.31. The molecule has 0 spiro atoms. The number of phenolic OH excluding ortho intramolecular Hbond substituents is 1. The highest BCUT2D eigenvalue weighted by Crippen LogP contribution is 2.23. The van der Waals surface area contributed by atoms with Gasteiger partial charge in [-0.05, 0) is 30.7 Å². The van der Waals surface area contributed by atoms with E-state index < -0.39 is 18.5 Å². The Hall–Kier alpha value is -3.02. The topological polar surface area (TPSA) is 84.9 Å². The standard InChI is InChI=1S/C17H17NO5/c1-11-6-5-7-12(16(11)20)17(21)23-10-15(19)18-13-8-3-4-9-14(13)22-2/h3-9,20H,10H2,1-2H3,(H,18,19). The Bertz CT molecular complexity index is 727. The van der Waals surface area contributed by atoms with Crippen LogP contribution >= 0.6 is 0 Å². The van der Waals surface area contributed by atoms with Crippen LogP contribution in [-0.2, 0) is 9.53 Å². The molecule has 0 bridgehead atoms. The van der Waals surface area contributed by atoms with E-state index in [1.807, 2.05) is 0 Å². The quantitative estimate of drug-likeness (QED) is 0.828. The van der Waals surface area contributed by atoms with Gasteiger partial charge in [0.25, 0.3) is 5.91 Å². The minimum absolute atomic E-state index is 0.0232. The third kappa shape index (κ3) is 4.00. The number of amides is 1. The molecular formula is C17H17NO5. The smallest absolute Gasteiger partial charge is 0.342 e. The summed E-state index contributed by atoms with van der Waals surface area (Å²) in [6.45, 7) is 1.20. The molecule has 0 aliphatic rings. The molecule has 0 atom stereocenters. The summed E-state index contributed by atoms with van der Waals surface area (Å²) in [7, 11) is 1.49. The molecule has 0 heterocycles. The number of benzene rings is 2. The molecule has 0 aliphatic carbocycles. The molecule has 0 aliphatic heterocycles. The number of hydrogen-bond donors (Lipinski definition) is 2. The van der Waals surface area contributed by atoms with Crippen LogP contribution in [-0.4, -0.2) is 30.7 Å². The Labute approximate surface area is 133 Å². The molecule has 0 saturated carbocycles. The van der Waals surface area contributed by atoms with Crippen LogP contribution in [0.15, 0.2) is 42.5 Å². The van der Waals surface area contributed by atoms with E-state index in [0.717, 1.165) is 0 Å². The molecule has 6 nitrogen and oxygen atoms in total. The Morgan fingerprint density at radius 2 is 1.87 bits per heavy atom. The molecule has 120 valence electrons. The van der Waals surface area contributed by atoms with Crippen molar-refractivity contribution in [2.24, 2.45) is 0 Å². The summed E-state index contributed by atoms with van der Waals surface area (Å²) in [4.78, 5) is 23.8. The zero-order valence-corrected chi connectivity index (χ0v) is 12.8. The number of anilines is 1. The van der Waals surface area contributed by atoms with Crippen LogP contribution in [0.25, 0.3) is 0 Å². The van der Waals surface area contributed by atoms with E-state index in [4.69, 9.17) is 9.47 Å². The number of carbonyl (C=O) groups is 2. The maximum absolute atomic E-state index is 11.9. The number of hydrogen-bond acceptors (Lipinski definition) is 5. The SMILES string of the molecule is COc1ccccc1NC(=O)COC(=O)c1cccc(C)c1O. The summed E-state index contributed by atoms with van der Waals surface area (Å²) in [6, 6.07) is 11.6. The van der Waals surface area contributed by atoms with Crippen molar-refractivity contribution in [3.05, 3.63) is 53.6 Å². The van der Waals surface area contributed by atoms with E-state index in [-0.39, 0.29) is 11.3 Å². The lowest BCUT2D eigenvalue weighted by atomic mass is 10.1. The van der Waals surface area contributed by atoms with Crippen molar-refractivity contribution in [3.63, 3.8) is 0 Å². The predicted molar refractivity (Wildman–Crippen MR) is 84.8 cm³/mol. The summed E-state index contributed by atoms with van der Waals surface area (Å²) < 4.78 is 10.0. The second-order valence-corrected chi connectivity index (χ2v) is 4.80. The van der Waals surface area contributed by atoms with Gasteiger partial charge in [-0.15, -0.1) is 0 Å². The molecule has 0 unspecified atom stereocenters. The van der Waals surface area contributed by atoms with Crippen LogP contribution in [0.5, 0.6) is 11.5 Å². The second-order valence-electron chi connectivity index (χ2n) is 4.80. The highest BCUT2D eigenvalue weighted by Gasteiger charge is 2.16. The lowest BCUT2D eigenvalue weighted by molar-refractivity contribution is -0.119. The Morgan fingerprint density at radius 3 is 2.61 bits per heavy atom. The molecule has 2 aromatic carbocycles. The lowest BCUT2D eigenvalue weighted by Crippen LogP contribution is -2.21. The fraction of sp³-hybridized carbons (Fsp3) is 0.176. The average molecular weight is 315 g/mol. The van der Waals surface area contributed by atoms with Crippen LogP contribution in [0, 0.1) is 6.92 Å². The molecule has 1 amide bonds. The molecule has 0 aromatic heterocycles. The number of carbonyl (C=O) groups excluding carboxylic acids is 2. The molecule has 2 rings (SSSR count). The number of aryl methyl sites for hydroxylation is 1. The van der Waals surface area contributed by atoms with E-state index in [9.17, 15) is 14.7 Å². The van der Waals surface area contributed by atoms with E-state index in [1.165, 1.54) is 13.2 Å². The summed E-state index contributed by atoms with van der Waals surface area (Å²) in [5.41, 5.74) is 1.06. The maximum Gasteiger partial charge on any atom is 0.342 e. The molecule has 2 N–H and O–H groups in total. The minimum Gasteiger partial charge on any atom is -0.507 e. The van der Waals surface area contributed by atoms with Crippen LogP contribution in [0.2, 0.25) is 0 Å². The fourth-order valence-corrected chi connectivity index (χ4v) is 1.97. The Kier molecular flexibility index (Phi) is 5.19. The van der Waals surface area contributed by atoms with Gasteiger partial charge < -0.3 is 19.9 Å². The fourth-order valence-electron chi connectivity index (χ4n) is 1.97. The van der Waals surface area contributed by atoms with E-state index >= 15 is 0 Å². The first-order valence-corrected chi connectivity index (χ1v) is 6.91. The van der Waals surface area contributed by atoms with Crippen LogP contribution in [0.1, 0.15) is 15.9 Å². The number of aromatic hydroxyl groups is 1. The number of para-hydroxylation sites is 3. The van der Waals surface area contributed by atoms with Gasteiger partial charge in [0.1, 0.15) is 17.1 Å². The third-order valence-electron chi connectivity index (χ3n) is 3.17. The summed E-state index contributed by atoms with van der Waals surface area (Å²) in [6.07, 6.45) is 0. The molecule has 0 saturated heterocycles. The van der Waals surface area contributed by atoms with Crippen molar-refractivity contribution in [1.82, 2.24) is 0 Å². The van der Waals surface area contributed by atoms with Gasteiger partial charge in [0, 0.05) is 0 Å².